The van der Waals surface area contributed by atoms with E-state index >= 15 is 0 Å². The van der Waals surface area contributed by atoms with Gasteiger partial charge in [0.1, 0.15) is 5.69 Å². The van der Waals surface area contributed by atoms with E-state index in [4.69, 9.17) is 11.6 Å². The number of nitrogens with zero attached hydrogens (tertiary/aromatic N) is 5. The van der Waals surface area contributed by atoms with Crippen LogP contribution in [0.5, 0.6) is 0 Å². The summed E-state index contributed by atoms with van der Waals surface area (Å²) in [6.07, 6.45) is -2.99. The van der Waals surface area contributed by atoms with Gasteiger partial charge in [0.2, 0.25) is 0 Å². The van der Waals surface area contributed by atoms with E-state index in [-0.39, 0.29) is 24.3 Å². The summed E-state index contributed by atoms with van der Waals surface area (Å²) in [6.45, 7) is 1.73. The molecule has 3 aromatic rings. The third kappa shape index (κ3) is 3.41. The Kier molecular flexibility index (Phi) is 4.97. The number of halogens is 5. The third-order valence-electron chi connectivity index (χ3n) is 4.92. The first kappa shape index (κ1) is 20.3. The van der Waals surface area contributed by atoms with Crippen molar-refractivity contribution in [3.63, 3.8) is 0 Å². The summed E-state index contributed by atoms with van der Waals surface area (Å²) >= 11 is 5.91. The molecule has 0 saturated carbocycles. The van der Waals surface area contributed by atoms with Crippen molar-refractivity contribution in [2.45, 2.75) is 32.1 Å². The second kappa shape index (κ2) is 7.35. The maximum atomic E-state index is 14.1. The van der Waals surface area contributed by atoms with E-state index in [1.165, 1.54) is 34.0 Å². The highest BCUT2D eigenvalue weighted by molar-refractivity contribution is 6.34. The second-order valence-electron chi connectivity index (χ2n) is 6.85. The van der Waals surface area contributed by atoms with Crippen LogP contribution in [-0.2, 0) is 19.1 Å². The number of amides is 1. The van der Waals surface area contributed by atoms with Crippen molar-refractivity contribution in [1.29, 1.82) is 0 Å². The van der Waals surface area contributed by atoms with Gasteiger partial charge < -0.3 is 4.90 Å². The SMILES string of the molecule is C[C@H]1Cc2c(nnn2-c2ncccc2F)CN1C(=O)c1cccc(C(F)(F)F)c1Cl. The molecule has 0 aliphatic carbocycles. The molecule has 1 aliphatic heterocycles. The summed E-state index contributed by atoms with van der Waals surface area (Å²) in [4.78, 5) is 18.4. The van der Waals surface area contributed by atoms with Crippen molar-refractivity contribution in [2.24, 2.45) is 0 Å². The van der Waals surface area contributed by atoms with Gasteiger partial charge in [0.25, 0.3) is 5.91 Å². The van der Waals surface area contributed by atoms with Gasteiger partial charge in [0.05, 0.1) is 28.4 Å². The molecule has 1 aromatic carbocycles. The Hall–Kier alpha value is -3.01. The van der Waals surface area contributed by atoms with E-state index in [0.717, 1.165) is 12.1 Å². The maximum absolute atomic E-state index is 14.1. The molecule has 30 heavy (non-hydrogen) atoms. The summed E-state index contributed by atoms with van der Waals surface area (Å²) in [5.74, 6) is -1.24. The average molecular weight is 440 g/mol. The molecule has 0 fully saturated rings. The minimum atomic E-state index is -4.68. The molecule has 4 rings (SSSR count). The summed E-state index contributed by atoms with van der Waals surface area (Å²) in [7, 11) is 0. The van der Waals surface area contributed by atoms with Crippen LogP contribution in [0.25, 0.3) is 5.82 Å². The molecule has 1 aliphatic rings. The van der Waals surface area contributed by atoms with Crippen LogP contribution in [0.3, 0.4) is 0 Å². The van der Waals surface area contributed by atoms with Crippen molar-refractivity contribution in [1.82, 2.24) is 24.9 Å². The molecule has 0 radical (unpaired) electrons. The largest absolute Gasteiger partial charge is 0.417 e. The van der Waals surface area contributed by atoms with E-state index in [0.29, 0.717) is 11.4 Å². The zero-order chi connectivity index (χ0) is 21.6. The zero-order valence-corrected chi connectivity index (χ0v) is 16.2. The zero-order valence-electron chi connectivity index (χ0n) is 15.5. The Morgan fingerprint density at radius 2 is 2.00 bits per heavy atom. The first-order valence-electron chi connectivity index (χ1n) is 8.89. The number of hydrogen-bond acceptors (Lipinski definition) is 4. The van der Waals surface area contributed by atoms with Crippen LogP contribution < -0.4 is 0 Å². The predicted octanol–water partition coefficient (Wildman–Crippen LogP) is 4.06. The lowest BCUT2D eigenvalue weighted by Gasteiger charge is -2.33. The van der Waals surface area contributed by atoms with E-state index in [1.54, 1.807) is 6.92 Å². The quantitative estimate of drug-likeness (QED) is 0.565. The monoisotopic (exact) mass is 439 g/mol. The van der Waals surface area contributed by atoms with E-state index in [9.17, 15) is 22.4 Å². The lowest BCUT2D eigenvalue weighted by molar-refractivity contribution is -0.137. The lowest BCUT2D eigenvalue weighted by Crippen LogP contribution is -2.43. The van der Waals surface area contributed by atoms with Crippen LogP contribution in [0.1, 0.15) is 34.2 Å². The van der Waals surface area contributed by atoms with Gasteiger partial charge in [0.15, 0.2) is 11.6 Å². The number of fused-ring (bicyclic) bond motifs is 1. The van der Waals surface area contributed by atoms with E-state index in [1.807, 2.05) is 0 Å². The Morgan fingerprint density at radius 1 is 1.23 bits per heavy atom. The van der Waals surface area contributed by atoms with Crippen molar-refractivity contribution < 1.29 is 22.4 Å². The Bertz CT molecular complexity index is 1130. The fraction of sp³-hybridized carbons (Fsp3) is 0.263. The summed E-state index contributed by atoms with van der Waals surface area (Å²) in [5, 5.41) is 7.31. The highest BCUT2D eigenvalue weighted by Crippen LogP contribution is 2.37. The Balaban J connectivity index is 1.67. The van der Waals surface area contributed by atoms with Gasteiger partial charge in [-0.05, 0) is 31.2 Å². The van der Waals surface area contributed by atoms with Gasteiger partial charge in [-0.15, -0.1) is 5.10 Å². The highest BCUT2D eigenvalue weighted by Gasteiger charge is 2.37. The van der Waals surface area contributed by atoms with Crippen LogP contribution in [0.15, 0.2) is 36.5 Å². The molecule has 0 saturated heterocycles. The van der Waals surface area contributed by atoms with Crippen LogP contribution in [0.2, 0.25) is 5.02 Å². The Morgan fingerprint density at radius 3 is 2.70 bits per heavy atom. The molecule has 2 aromatic heterocycles. The first-order valence-corrected chi connectivity index (χ1v) is 9.27. The van der Waals surface area contributed by atoms with Crippen molar-refractivity contribution in [3.05, 3.63) is 69.9 Å². The number of aromatic nitrogens is 4. The van der Waals surface area contributed by atoms with Gasteiger partial charge in [-0.3, -0.25) is 4.79 Å². The number of hydrogen-bond donors (Lipinski definition) is 0. The van der Waals surface area contributed by atoms with Crippen molar-refractivity contribution in [3.8, 4) is 5.82 Å². The number of pyridine rings is 1. The van der Waals surface area contributed by atoms with Crippen molar-refractivity contribution in [2.75, 3.05) is 0 Å². The molecule has 3 heterocycles. The minimum absolute atomic E-state index is 0.00361. The summed E-state index contributed by atoms with van der Waals surface area (Å²) in [6, 6.07) is 5.49. The molecule has 0 unspecified atom stereocenters. The van der Waals surface area contributed by atoms with Crippen molar-refractivity contribution >= 4 is 17.5 Å². The lowest BCUT2D eigenvalue weighted by atomic mass is 10.0. The molecule has 1 atom stereocenters. The number of carbonyl (C=O) groups excluding carboxylic acids is 1. The molecule has 0 bridgehead atoms. The van der Waals surface area contributed by atoms with Gasteiger partial charge >= 0.3 is 6.18 Å². The molecule has 11 heteroatoms. The smallest absolute Gasteiger partial charge is 0.329 e. The normalized spacial score (nSPS) is 16.5. The van der Waals surface area contributed by atoms with Crippen LogP contribution >= 0.6 is 11.6 Å². The number of alkyl halides is 3. The molecule has 156 valence electrons. The van der Waals surface area contributed by atoms with E-state index < -0.39 is 34.5 Å². The molecule has 0 N–H and O–H groups in total. The topological polar surface area (TPSA) is 63.9 Å². The van der Waals surface area contributed by atoms with Crippen LogP contribution in [0.4, 0.5) is 17.6 Å². The van der Waals surface area contributed by atoms with Gasteiger partial charge in [-0.2, -0.15) is 17.9 Å². The predicted molar refractivity (Wildman–Crippen MR) is 98.6 cm³/mol. The fourth-order valence-electron chi connectivity index (χ4n) is 3.41. The second-order valence-corrected chi connectivity index (χ2v) is 7.23. The number of rotatable bonds is 2. The Labute approximate surface area is 173 Å². The standard InChI is InChI=1S/C19H14ClF4N5O/c1-10-8-15-14(26-27-29(15)17-13(21)6-3-7-25-17)9-28(10)18(30)11-4-2-5-12(16(11)20)19(22,23)24/h2-7,10H,8-9H2,1H3/t10-/m0/s1. The summed E-state index contributed by atoms with van der Waals surface area (Å²) in [5.41, 5.74) is -0.323. The van der Waals surface area contributed by atoms with E-state index in [2.05, 4.69) is 15.3 Å². The first-order chi connectivity index (χ1) is 14.2. The van der Waals surface area contributed by atoms with Gasteiger partial charge in [0, 0.05) is 18.7 Å². The minimum Gasteiger partial charge on any atom is -0.329 e. The average Bonchev–Trinajstić information content (AvgIpc) is 3.09. The number of carbonyl (C=O) groups is 1. The molecular weight excluding hydrogens is 426 g/mol. The molecule has 1 amide bonds. The summed E-state index contributed by atoms with van der Waals surface area (Å²) < 4.78 is 54.8. The highest BCUT2D eigenvalue weighted by atomic mass is 35.5. The van der Waals surface area contributed by atoms with Crippen LogP contribution in [-0.4, -0.2) is 36.8 Å². The van der Waals surface area contributed by atoms with Crippen LogP contribution in [0, 0.1) is 5.82 Å². The third-order valence-corrected chi connectivity index (χ3v) is 5.33. The van der Waals surface area contributed by atoms with Gasteiger partial charge in [-0.25, -0.2) is 9.37 Å². The fourth-order valence-corrected chi connectivity index (χ4v) is 3.73. The molecule has 0 spiro atoms. The number of benzene rings is 1. The van der Waals surface area contributed by atoms with Gasteiger partial charge in [-0.1, -0.05) is 22.9 Å². The molecule has 6 nitrogen and oxygen atoms in total. The maximum Gasteiger partial charge on any atom is 0.417 e. The molecular formula is C19H14ClF4N5O.